The Bertz CT molecular complexity index is 922. The fourth-order valence-corrected chi connectivity index (χ4v) is 5.72. The molecule has 0 spiro atoms. The van der Waals surface area contributed by atoms with E-state index in [0.29, 0.717) is 0 Å². The Morgan fingerprint density at radius 3 is 2.41 bits per heavy atom. The molecule has 0 aromatic heterocycles. The number of carbonyl (C=O) groups is 1. The highest BCUT2D eigenvalue weighted by Crippen LogP contribution is 2.38. The highest BCUT2D eigenvalue weighted by molar-refractivity contribution is 7.92. The summed E-state index contributed by atoms with van der Waals surface area (Å²) in [6, 6.07) is 1.60. The van der Waals surface area contributed by atoms with E-state index in [1.807, 2.05) is 6.92 Å². The minimum absolute atomic E-state index is 0.288. The van der Waals surface area contributed by atoms with E-state index in [9.17, 15) is 13.2 Å². The van der Waals surface area contributed by atoms with E-state index in [0.717, 1.165) is 75.6 Å². The number of carbonyl (C=O) groups excluding carboxylic acids is 1. The molecule has 1 atom stereocenters. The van der Waals surface area contributed by atoms with Crippen LogP contribution in [0.2, 0.25) is 0 Å². The Morgan fingerprint density at radius 1 is 1.21 bits per heavy atom. The van der Waals surface area contributed by atoms with Crippen molar-refractivity contribution in [1.82, 2.24) is 9.62 Å². The van der Waals surface area contributed by atoms with E-state index < -0.39 is 16.1 Å². The Balaban J connectivity index is 1.46. The first-order valence-electron chi connectivity index (χ1n) is 10.6. The first-order chi connectivity index (χ1) is 13.8. The van der Waals surface area contributed by atoms with Gasteiger partial charge >= 0.3 is 6.03 Å². The molecule has 1 fully saturated rings. The van der Waals surface area contributed by atoms with Crippen LogP contribution in [0.4, 0.5) is 10.5 Å². The predicted octanol–water partition coefficient (Wildman–Crippen LogP) is 3.32. The minimum atomic E-state index is -3.86. The standard InChI is InChI=1S/C22H30N3O3S/c1-3-12-25-13-10-22(25,2)11-14-29(27,28)24-21(26)23-20-18-8-4-6-16(18)15-17-7-5-9-19(17)20/h11,14-15H,1,3-10,12-13H2,2H3,(H2,23,24,26). The molecule has 6 nitrogen and oxygen atoms in total. The molecule has 2 aliphatic carbocycles. The number of urea groups is 1. The van der Waals surface area contributed by atoms with Crippen molar-refractivity contribution in [1.29, 1.82) is 0 Å². The van der Waals surface area contributed by atoms with Crippen LogP contribution in [0.25, 0.3) is 0 Å². The van der Waals surface area contributed by atoms with E-state index in [-0.39, 0.29) is 5.54 Å². The summed E-state index contributed by atoms with van der Waals surface area (Å²) in [6.45, 7) is 7.64. The zero-order valence-electron chi connectivity index (χ0n) is 17.1. The van der Waals surface area contributed by atoms with Gasteiger partial charge in [0.15, 0.2) is 0 Å². The lowest BCUT2D eigenvalue weighted by Crippen LogP contribution is -2.56. The molecule has 0 saturated carbocycles. The van der Waals surface area contributed by atoms with Crippen molar-refractivity contribution in [2.45, 2.75) is 63.8 Å². The number of hydrogen-bond acceptors (Lipinski definition) is 4. The summed E-state index contributed by atoms with van der Waals surface area (Å²) < 4.78 is 27.1. The van der Waals surface area contributed by atoms with Crippen molar-refractivity contribution in [3.8, 4) is 0 Å². The number of fused-ring (bicyclic) bond motifs is 2. The van der Waals surface area contributed by atoms with Crippen molar-refractivity contribution in [2.75, 3.05) is 18.4 Å². The van der Waals surface area contributed by atoms with Crippen LogP contribution in [0.3, 0.4) is 0 Å². The zero-order valence-corrected chi connectivity index (χ0v) is 17.9. The molecule has 1 heterocycles. The van der Waals surface area contributed by atoms with Gasteiger partial charge in [-0.25, -0.2) is 17.9 Å². The quantitative estimate of drug-likeness (QED) is 0.746. The lowest BCUT2D eigenvalue weighted by atomic mass is 9.87. The van der Waals surface area contributed by atoms with Crippen LogP contribution in [0.15, 0.2) is 17.6 Å². The summed E-state index contributed by atoms with van der Waals surface area (Å²) in [5, 5.41) is 4.00. The minimum Gasteiger partial charge on any atom is -0.307 e. The van der Waals surface area contributed by atoms with Gasteiger partial charge < -0.3 is 5.32 Å². The van der Waals surface area contributed by atoms with Crippen LogP contribution in [-0.2, 0) is 35.7 Å². The van der Waals surface area contributed by atoms with E-state index in [1.54, 1.807) is 6.08 Å². The molecule has 4 rings (SSSR count). The fourth-order valence-electron chi connectivity index (χ4n) is 4.88. The smallest absolute Gasteiger partial charge is 0.307 e. The second kappa shape index (κ2) is 7.76. The topological polar surface area (TPSA) is 78.5 Å². The number of hydrogen-bond donors (Lipinski definition) is 2. The lowest BCUT2D eigenvalue weighted by molar-refractivity contribution is 0.0424. The third-order valence-corrected chi connectivity index (χ3v) is 7.56. The summed E-state index contributed by atoms with van der Waals surface area (Å²) in [5.41, 5.74) is 5.51. The molecule has 1 aromatic carbocycles. The number of likely N-dealkylation sites (tertiary alicyclic amines) is 1. The second-order valence-electron chi connectivity index (χ2n) is 8.59. The number of benzene rings is 1. The largest absolute Gasteiger partial charge is 0.333 e. The molecule has 7 heteroatoms. The lowest BCUT2D eigenvalue weighted by Gasteiger charge is -2.49. The molecule has 3 aliphatic rings. The zero-order chi connectivity index (χ0) is 20.6. The van der Waals surface area contributed by atoms with Crippen LogP contribution in [0, 0.1) is 6.92 Å². The first kappa shape index (κ1) is 20.4. The number of amides is 2. The van der Waals surface area contributed by atoms with E-state index in [1.165, 1.54) is 22.3 Å². The van der Waals surface area contributed by atoms with Gasteiger partial charge in [0.05, 0.1) is 0 Å². The van der Waals surface area contributed by atoms with Gasteiger partial charge in [-0.15, -0.1) is 0 Å². The van der Waals surface area contributed by atoms with Crippen molar-refractivity contribution < 1.29 is 13.2 Å². The number of rotatable bonds is 6. The highest BCUT2D eigenvalue weighted by atomic mass is 32.2. The predicted molar refractivity (Wildman–Crippen MR) is 115 cm³/mol. The molecule has 0 bridgehead atoms. The van der Waals surface area contributed by atoms with Gasteiger partial charge in [0.1, 0.15) is 0 Å². The maximum absolute atomic E-state index is 12.5. The summed E-state index contributed by atoms with van der Waals surface area (Å²) in [7, 11) is -3.86. The van der Waals surface area contributed by atoms with Gasteiger partial charge in [-0.05, 0) is 87.1 Å². The van der Waals surface area contributed by atoms with E-state index in [2.05, 4.69) is 27.9 Å². The molecule has 1 aliphatic heterocycles. The van der Waals surface area contributed by atoms with E-state index >= 15 is 0 Å². The Kier molecular flexibility index (Phi) is 5.46. The van der Waals surface area contributed by atoms with Gasteiger partial charge in [0, 0.05) is 23.2 Å². The molecule has 1 aromatic rings. The van der Waals surface area contributed by atoms with Crippen LogP contribution in [0.1, 0.15) is 54.9 Å². The molecule has 1 saturated heterocycles. The second-order valence-corrected chi connectivity index (χ2v) is 10.2. The van der Waals surface area contributed by atoms with Crippen molar-refractivity contribution in [2.24, 2.45) is 0 Å². The number of nitrogens with zero attached hydrogens (tertiary/aromatic N) is 1. The maximum atomic E-state index is 12.5. The molecule has 2 N–H and O–H groups in total. The molecule has 1 radical (unpaired) electrons. The summed E-state index contributed by atoms with van der Waals surface area (Å²) >= 11 is 0. The highest BCUT2D eigenvalue weighted by Gasteiger charge is 2.37. The third-order valence-electron chi connectivity index (χ3n) is 6.59. The third kappa shape index (κ3) is 4.08. The molecule has 2 amide bonds. The average molecular weight is 417 g/mol. The molecular weight excluding hydrogens is 386 g/mol. The molecular formula is C22H30N3O3S. The van der Waals surface area contributed by atoms with Crippen LogP contribution in [0.5, 0.6) is 0 Å². The Labute approximate surface area is 173 Å². The van der Waals surface area contributed by atoms with Gasteiger partial charge in [-0.2, -0.15) is 0 Å². The number of anilines is 1. The molecule has 157 valence electrons. The van der Waals surface area contributed by atoms with Crippen molar-refractivity contribution in [3.05, 3.63) is 46.7 Å². The van der Waals surface area contributed by atoms with Crippen LogP contribution < -0.4 is 10.0 Å². The number of aryl methyl sites for hydroxylation is 2. The van der Waals surface area contributed by atoms with Gasteiger partial charge in [-0.3, -0.25) is 4.90 Å². The van der Waals surface area contributed by atoms with Gasteiger partial charge in [0.25, 0.3) is 10.0 Å². The summed E-state index contributed by atoms with van der Waals surface area (Å²) in [5.74, 6) is 0. The molecule has 1 unspecified atom stereocenters. The van der Waals surface area contributed by atoms with Gasteiger partial charge in [0.2, 0.25) is 0 Å². The SMILES string of the molecule is [CH2]CCN1CCC1(C)C=CS(=O)(=O)NC(=O)Nc1c2c(cc3c1CCC3)CCC2. The maximum Gasteiger partial charge on any atom is 0.333 e. The van der Waals surface area contributed by atoms with Crippen molar-refractivity contribution >= 4 is 21.7 Å². The average Bonchev–Trinajstić information content (AvgIpc) is 3.32. The fraction of sp³-hybridized carbons (Fsp3) is 0.545. The Morgan fingerprint density at radius 2 is 1.86 bits per heavy atom. The number of nitrogens with one attached hydrogen (secondary N) is 2. The number of sulfonamides is 1. The van der Waals surface area contributed by atoms with Crippen LogP contribution >= 0.6 is 0 Å². The normalized spacial score (nSPS) is 23.7. The summed E-state index contributed by atoms with van der Waals surface area (Å²) in [6.07, 6.45) is 9.45. The molecule has 29 heavy (non-hydrogen) atoms. The van der Waals surface area contributed by atoms with Crippen LogP contribution in [-0.4, -0.2) is 38.0 Å². The summed E-state index contributed by atoms with van der Waals surface area (Å²) in [4.78, 5) is 14.7. The van der Waals surface area contributed by atoms with Gasteiger partial charge in [-0.1, -0.05) is 19.1 Å². The van der Waals surface area contributed by atoms with E-state index in [4.69, 9.17) is 0 Å². The first-order valence-corrected chi connectivity index (χ1v) is 12.1. The van der Waals surface area contributed by atoms with Crippen molar-refractivity contribution in [3.63, 3.8) is 0 Å². The monoisotopic (exact) mass is 416 g/mol. The Hall–Kier alpha value is -1.86.